The lowest BCUT2D eigenvalue weighted by molar-refractivity contribution is -0.145. The molecule has 0 aromatic rings. The minimum absolute atomic E-state index is 1.09. The highest BCUT2D eigenvalue weighted by Crippen LogP contribution is 2.09. The largest absolute Gasteiger partial charge is 0.480 e. The topological polar surface area (TPSA) is 107 Å². The maximum atomic E-state index is 10.4. The first-order valence-corrected chi connectivity index (χ1v) is 4.21. The van der Waals surface area contributed by atoms with Gasteiger partial charge in [0, 0.05) is 0 Å². The molecule has 12 heavy (non-hydrogen) atoms. The van der Waals surface area contributed by atoms with Gasteiger partial charge in [-0.3, -0.25) is 8.98 Å². The van der Waals surface area contributed by atoms with Crippen molar-refractivity contribution in [3.05, 3.63) is 0 Å². The molecule has 0 heterocycles. The van der Waals surface area contributed by atoms with Crippen LogP contribution in [-0.2, 0) is 20.0 Å². The van der Waals surface area contributed by atoms with Crippen LogP contribution in [0.4, 0.5) is 0 Å². The van der Waals surface area contributed by atoms with Gasteiger partial charge in [0.05, 0.1) is 0 Å². The molecule has 0 fully saturated rings. The summed E-state index contributed by atoms with van der Waals surface area (Å²) in [5.41, 5.74) is 3.56. The summed E-state index contributed by atoms with van der Waals surface area (Å²) >= 11 is 0. The van der Waals surface area contributed by atoms with Crippen molar-refractivity contribution >= 4 is 17.0 Å². The summed E-state index contributed by atoms with van der Waals surface area (Å²) in [4.78, 5) is 10.4. The minimum atomic E-state index is -3.07. The van der Waals surface area contributed by atoms with Crippen LogP contribution in [0.25, 0.3) is 0 Å². The Labute approximate surface area is 71.5 Å². The number of carboxylic acid groups (broad SMARTS) is 1. The molecule has 3 N–H and O–H groups in total. The molecular weight excluding hydrogens is 186 g/mol. The molecule has 0 aromatic heterocycles. The molecule has 2 atom stereocenters. The van der Waals surface area contributed by atoms with Crippen molar-refractivity contribution in [1.82, 2.24) is 0 Å². The van der Waals surface area contributed by atoms with Gasteiger partial charge < -0.3 is 10.8 Å². The van der Waals surface area contributed by atoms with E-state index in [-0.39, 0.29) is 0 Å². The molecule has 0 aliphatic carbocycles. The van der Waals surface area contributed by atoms with E-state index in [9.17, 15) is 13.2 Å². The van der Waals surface area contributed by atoms with E-state index in [1.54, 1.807) is 0 Å². The van der Waals surface area contributed by atoms with E-state index in [4.69, 9.17) is 10.8 Å². The monoisotopic (exact) mass is 197 g/mol. The van der Waals surface area contributed by atoms with Gasteiger partial charge in [0.15, 0.2) is 0 Å². The van der Waals surface area contributed by atoms with E-state index in [1.165, 1.54) is 13.8 Å². The Bertz CT molecular complexity index is 238. The number of hydrogen-bond donors (Lipinski definition) is 3. The summed E-state index contributed by atoms with van der Waals surface area (Å²) < 4.78 is 24.3. The normalized spacial score (nSPS) is 18.7. The molecule has 2 unspecified atom stereocenters. The van der Waals surface area contributed by atoms with Gasteiger partial charge in [-0.05, 0) is 13.8 Å². The lowest BCUT2D eigenvalue weighted by atomic mass is 9.98. The van der Waals surface area contributed by atoms with E-state index in [1.807, 2.05) is 0 Å². The van der Waals surface area contributed by atoms with Crippen LogP contribution in [0.15, 0.2) is 0 Å². The zero-order chi connectivity index (χ0) is 9.94. The second-order valence-electron chi connectivity index (χ2n) is 2.56. The summed E-state index contributed by atoms with van der Waals surface area (Å²) in [6.45, 7) is 2.46. The number of thiol groups is 1. The molecule has 0 saturated carbocycles. The number of rotatable bonds is 4. The highest BCUT2D eigenvalue weighted by Gasteiger charge is 2.36. The zero-order valence-electron chi connectivity index (χ0n) is 6.68. The van der Waals surface area contributed by atoms with Crippen molar-refractivity contribution in [3.8, 4) is 0 Å². The average Bonchev–Trinajstić information content (AvgIpc) is 1.85. The highest BCUT2D eigenvalue weighted by atomic mass is 32.2. The van der Waals surface area contributed by atoms with Crippen LogP contribution in [0.3, 0.4) is 0 Å². The zero-order valence-corrected chi connectivity index (χ0v) is 7.58. The SMILES string of the molecule is CC(O[SH](=O)=O)C(C)(N)C(=O)O. The number of carbonyl (C=O) groups is 1. The van der Waals surface area contributed by atoms with Gasteiger partial charge in [0.2, 0.25) is 0 Å². The summed E-state index contributed by atoms with van der Waals surface area (Å²) in [5, 5.41) is 8.52. The van der Waals surface area contributed by atoms with Gasteiger partial charge in [-0.15, -0.1) is 0 Å². The van der Waals surface area contributed by atoms with Crippen LogP contribution in [0.2, 0.25) is 0 Å². The van der Waals surface area contributed by atoms with Crippen LogP contribution in [0.5, 0.6) is 0 Å². The van der Waals surface area contributed by atoms with Gasteiger partial charge in [0.25, 0.3) is 11.0 Å². The summed E-state index contributed by atoms with van der Waals surface area (Å²) in [6, 6.07) is 0. The molecule has 0 saturated heterocycles. The summed E-state index contributed by atoms with van der Waals surface area (Å²) in [6.07, 6.45) is -1.09. The van der Waals surface area contributed by atoms with Gasteiger partial charge in [-0.1, -0.05) is 0 Å². The Hall–Kier alpha value is -0.660. The molecule has 0 aromatic carbocycles. The molecule has 72 valence electrons. The molecule has 0 amide bonds. The summed E-state index contributed by atoms with van der Waals surface area (Å²) in [7, 11) is -3.07. The van der Waals surface area contributed by atoms with Crippen LogP contribution in [0.1, 0.15) is 13.8 Å². The third-order valence-electron chi connectivity index (χ3n) is 1.55. The predicted octanol–water partition coefficient (Wildman–Crippen LogP) is -1.28. The predicted molar refractivity (Wildman–Crippen MR) is 41.1 cm³/mol. The Morgan fingerprint density at radius 1 is 1.67 bits per heavy atom. The Morgan fingerprint density at radius 3 is 2.33 bits per heavy atom. The second kappa shape index (κ2) is 3.83. The van der Waals surface area contributed by atoms with Crippen molar-refractivity contribution < 1.29 is 22.5 Å². The van der Waals surface area contributed by atoms with Crippen molar-refractivity contribution in [1.29, 1.82) is 0 Å². The first kappa shape index (κ1) is 11.3. The van der Waals surface area contributed by atoms with E-state index in [0.29, 0.717) is 0 Å². The molecule has 7 heteroatoms. The van der Waals surface area contributed by atoms with Gasteiger partial charge >= 0.3 is 5.97 Å². The molecule has 0 bridgehead atoms. The maximum Gasteiger partial charge on any atom is 0.326 e. The highest BCUT2D eigenvalue weighted by molar-refractivity contribution is 7.67. The lowest BCUT2D eigenvalue weighted by Crippen LogP contribution is -2.54. The van der Waals surface area contributed by atoms with Crippen LogP contribution < -0.4 is 5.73 Å². The van der Waals surface area contributed by atoms with Crippen molar-refractivity contribution in [2.24, 2.45) is 5.73 Å². The Balaban J connectivity index is 4.45. The standard InChI is InChI=1S/C5H11NO5S/c1-3(11-12(9)10)5(2,6)4(7)8/h3,12H,6H2,1-2H3,(H,7,8). The fourth-order valence-corrected chi connectivity index (χ4v) is 0.890. The van der Waals surface area contributed by atoms with Crippen molar-refractivity contribution in [3.63, 3.8) is 0 Å². The van der Waals surface area contributed by atoms with Gasteiger partial charge in [0.1, 0.15) is 11.6 Å². The third-order valence-corrected chi connectivity index (χ3v) is 2.04. The van der Waals surface area contributed by atoms with E-state index < -0.39 is 28.6 Å². The van der Waals surface area contributed by atoms with E-state index >= 15 is 0 Å². The minimum Gasteiger partial charge on any atom is -0.480 e. The number of nitrogens with two attached hydrogens (primary N) is 1. The average molecular weight is 197 g/mol. The quantitative estimate of drug-likeness (QED) is 0.484. The molecule has 6 nitrogen and oxygen atoms in total. The van der Waals surface area contributed by atoms with E-state index in [2.05, 4.69) is 4.18 Å². The molecule has 0 rings (SSSR count). The van der Waals surface area contributed by atoms with Crippen molar-refractivity contribution in [2.45, 2.75) is 25.5 Å². The van der Waals surface area contributed by atoms with Crippen molar-refractivity contribution in [2.75, 3.05) is 0 Å². The second-order valence-corrected chi connectivity index (χ2v) is 3.22. The van der Waals surface area contributed by atoms with Crippen LogP contribution in [0, 0.1) is 0 Å². The maximum absolute atomic E-state index is 10.4. The smallest absolute Gasteiger partial charge is 0.326 e. The third kappa shape index (κ3) is 2.76. The van der Waals surface area contributed by atoms with Crippen LogP contribution in [-0.4, -0.2) is 31.1 Å². The van der Waals surface area contributed by atoms with Crippen LogP contribution >= 0.6 is 0 Å². The van der Waals surface area contributed by atoms with Gasteiger partial charge in [-0.25, -0.2) is 8.42 Å². The Morgan fingerprint density at radius 2 is 2.08 bits per heavy atom. The Kier molecular flexibility index (Phi) is 3.62. The first-order valence-electron chi connectivity index (χ1n) is 3.12. The number of hydrogen-bond acceptors (Lipinski definition) is 5. The molecule has 0 radical (unpaired) electrons. The molecular formula is C5H11NO5S. The summed E-state index contributed by atoms with van der Waals surface area (Å²) in [5.74, 6) is -1.31. The molecule has 0 aliphatic rings. The van der Waals surface area contributed by atoms with E-state index in [0.717, 1.165) is 0 Å². The molecule has 0 spiro atoms. The lowest BCUT2D eigenvalue weighted by Gasteiger charge is -2.24. The first-order chi connectivity index (χ1) is 5.28. The molecule has 0 aliphatic heterocycles. The number of carboxylic acids is 1. The fourth-order valence-electron chi connectivity index (χ4n) is 0.412. The fraction of sp³-hybridized carbons (Fsp3) is 0.800. The van der Waals surface area contributed by atoms with Gasteiger partial charge in [-0.2, -0.15) is 0 Å². The number of aliphatic carboxylic acids is 1.